The molecule has 0 aliphatic carbocycles. The van der Waals surface area contributed by atoms with Gasteiger partial charge in [0, 0.05) is 17.1 Å². The molecule has 3 aromatic carbocycles. The van der Waals surface area contributed by atoms with Crippen molar-refractivity contribution in [2.24, 2.45) is 0 Å². The highest BCUT2D eigenvalue weighted by atomic mass is 16.5. The molecule has 1 fully saturated rings. The highest BCUT2D eigenvalue weighted by molar-refractivity contribution is 5.83. The predicted octanol–water partition coefficient (Wildman–Crippen LogP) is 6.73. The van der Waals surface area contributed by atoms with Gasteiger partial charge in [-0.15, -0.1) is 0 Å². The van der Waals surface area contributed by atoms with E-state index < -0.39 is 5.60 Å². The van der Waals surface area contributed by atoms with Gasteiger partial charge >= 0.3 is 0 Å². The molecular weight excluding hydrogens is 404 g/mol. The number of hydrogen-bond donors (Lipinski definition) is 1. The Balaban J connectivity index is 1.69. The first-order valence-corrected chi connectivity index (χ1v) is 12.1. The van der Waals surface area contributed by atoms with Crippen molar-refractivity contribution in [1.29, 1.82) is 0 Å². The van der Waals surface area contributed by atoms with Crippen LogP contribution in [0.4, 0.5) is 0 Å². The van der Waals surface area contributed by atoms with E-state index in [4.69, 9.17) is 4.74 Å². The van der Waals surface area contributed by atoms with Crippen LogP contribution in [0.2, 0.25) is 0 Å². The summed E-state index contributed by atoms with van der Waals surface area (Å²) >= 11 is 0. The van der Waals surface area contributed by atoms with E-state index in [-0.39, 0.29) is 12.3 Å². The second kappa shape index (κ2) is 8.81. The number of aromatic nitrogens is 1. The number of hydrogen-bond acceptors (Lipinski definition) is 2. The number of para-hydroxylation sites is 1. The lowest BCUT2D eigenvalue weighted by molar-refractivity contribution is -0.0418. The Morgan fingerprint density at radius 2 is 1.48 bits per heavy atom. The lowest BCUT2D eigenvalue weighted by atomic mass is 9.77. The second-order valence-electron chi connectivity index (χ2n) is 9.57. The Hall–Kier alpha value is -2.88. The normalized spacial score (nSPS) is 20.5. The lowest BCUT2D eigenvalue weighted by Gasteiger charge is -2.37. The number of nitrogens with zero attached hydrogens (tertiary/aromatic N) is 1. The third-order valence-electron chi connectivity index (χ3n) is 7.32. The molecule has 0 spiro atoms. The van der Waals surface area contributed by atoms with Crippen molar-refractivity contribution in [2.45, 2.75) is 57.9 Å². The van der Waals surface area contributed by atoms with Crippen LogP contribution in [0, 0.1) is 13.8 Å². The quantitative estimate of drug-likeness (QED) is 0.362. The molecule has 3 nitrogen and oxygen atoms in total. The standard InChI is InChI=1S/C30H34N2O/c1-5-8-29-32(4)28(19-23-20-31-27-10-7-6-9-26(23)27)30(33-29,24-15-11-21(2)12-16-24)25-17-13-22(3)14-18-25/h6-7,9-18,20,28-29,31H,5,8,19H2,1-4H3/t28-,29-/m0/s1. The average Bonchev–Trinajstić information content (AvgIpc) is 3.36. The fraction of sp³-hybridized carbons (Fsp3) is 0.333. The van der Waals surface area contributed by atoms with Gasteiger partial charge in [-0.05, 0) is 56.5 Å². The molecule has 3 heteroatoms. The summed E-state index contributed by atoms with van der Waals surface area (Å²) in [6.07, 6.45) is 5.27. The summed E-state index contributed by atoms with van der Waals surface area (Å²) in [5.41, 5.74) is 6.99. The number of rotatable bonds is 6. The molecule has 2 atom stereocenters. The van der Waals surface area contributed by atoms with Crippen LogP contribution in [-0.4, -0.2) is 29.2 Å². The van der Waals surface area contributed by atoms with Crippen molar-refractivity contribution in [1.82, 2.24) is 9.88 Å². The van der Waals surface area contributed by atoms with E-state index in [0.29, 0.717) is 0 Å². The van der Waals surface area contributed by atoms with Crippen LogP contribution in [0.25, 0.3) is 10.9 Å². The molecule has 5 rings (SSSR count). The number of fused-ring (bicyclic) bond motifs is 1. The fourth-order valence-electron chi connectivity index (χ4n) is 5.46. The fourth-order valence-corrected chi connectivity index (χ4v) is 5.46. The Morgan fingerprint density at radius 1 is 0.879 bits per heavy atom. The molecule has 1 aromatic heterocycles. The highest BCUT2D eigenvalue weighted by Gasteiger charge is 2.53. The largest absolute Gasteiger partial charge is 0.361 e. The maximum Gasteiger partial charge on any atom is 0.136 e. The molecule has 1 N–H and O–H groups in total. The summed E-state index contributed by atoms with van der Waals surface area (Å²) in [5, 5.41) is 1.30. The zero-order valence-corrected chi connectivity index (χ0v) is 20.1. The maximum atomic E-state index is 7.14. The Morgan fingerprint density at radius 3 is 2.09 bits per heavy atom. The van der Waals surface area contributed by atoms with Gasteiger partial charge in [0.1, 0.15) is 11.8 Å². The molecule has 170 valence electrons. The molecule has 1 saturated heterocycles. The smallest absolute Gasteiger partial charge is 0.136 e. The molecule has 2 heterocycles. The van der Waals surface area contributed by atoms with Crippen LogP contribution >= 0.6 is 0 Å². The zero-order chi connectivity index (χ0) is 23.0. The van der Waals surface area contributed by atoms with E-state index in [1.807, 2.05) is 0 Å². The number of H-pyrrole nitrogens is 1. The molecule has 1 aliphatic heterocycles. The average molecular weight is 439 g/mol. The first-order valence-electron chi connectivity index (χ1n) is 12.1. The van der Waals surface area contributed by atoms with Gasteiger partial charge in [-0.3, -0.25) is 4.90 Å². The van der Waals surface area contributed by atoms with Crippen molar-refractivity contribution < 1.29 is 4.74 Å². The number of nitrogens with one attached hydrogen (secondary N) is 1. The number of aryl methyl sites for hydroxylation is 2. The third kappa shape index (κ3) is 3.80. The molecule has 4 aromatic rings. The van der Waals surface area contributed by atoms with Gasteiger partial charge in [0.25, 0.3) is 0 Å². The lowest BCUT2D eigenvalue weighted by Crippen LogP contribution is -2.44. The van der Waals surface area contributed by atoms with Crippen LogP contribution in [0.5, 0.6) is 0 Å². The SMILES string of the molecule is CCC[C@@H]1OC(c2ccc(C)cc2)(c2ccc(C)cc2)[C@H](Cc2c[nH]c3ccccc23)N1C. The minimum atomic E-state index is -0.533. The molecule has 1 aliphatic rings. The van der Waals surface area contributed by atoms with Crippen LogP contribution in [-0.2, 0) is 16.8 Å². The monoisotopic (exact) mass is 438 g/mol. The van der Waals surface area contributed by atoms with E-state index in [2.05, 4.69) is 117 Å². The van der Waals surface area contributed by atoms with Gasteiger partial charge in [0.15, 0.2) is 0 Å². The number of aromatic amines is 1. The van der Waals surface area contributed by atoms with Crippen molar-refractivity contribution in [3.05, 3.63) is 107 Å². The Bertz CT molecular complexity index is 1180. The molecule has 0 bridgehead atoms. The number of likely N-dealkylation sites (N-methyl/N-ethyl adjacent to an activating group) is 1. The molecule has 0 unspecified atom stereocenters. The van der Waals surface area contributed by atoms with Gasteiger partial charge in [-0.1, -0.05) is 91.2 Å². The van der Waals surface area contributed by atoms with Crippen LogP contribution < -0.4 is 0 Å². The minimum absolute atomic E-state index is 0.0767. The summed E-state index contributed by atoms with van der Waals surface area (Å²) in [7, 11) is 2.24. The van der Waals surface area contributed by atoms with Crippen molar-refractivity contribution in [3.63, 3.8) is 0 Å². The number of ether oxygens (including phenoxy) is 1. The van der Waals surface area contributed by atoms with E-state index in [9.17, 15) is 0 Å². The summed E-state index contributed by atoms with van der Waals surface area (Å²) in [6, 6.07) is 26.7. The van der Waals surface area contributed by atoms with E-state index in [0.717, 1.165) is 19.3 Å². The van der Waals surface area contributed by atoms with Crippen LogP contribution in [0.3, 0.4) is 0 Å². The van der Waals surface area contributed by atoms with Crippen molar-refractivity contribution >= 4 is 10.9 Å². The van der Waals surface area contributed by atoms with Gasteiger partial charge < -0.3 is 9.72 Å². The van der Waals surface area contributed by atoms with Crippen molar-refractivity contribution in [2.75, 3.05) is 7.05 Å². The Labute approximate surface area is 197 Å². The molecule has 33 heavy (non-hydrogen) atoms. The highest BCUT2D eigenvalue weighted by Crippen LogP contribution is 2.48. The van der Waals surface area contributed by atoms with Gasteiger partial charge in [-0.25, -0.2) is 0 Å². The van der Waals surface area contributed by atoms with Gasteiger partial charge in [-0.2, -0.15) is 0 Å². The summed E-state index contributed by atoms with van der Waals surface area (Å²) in [6.45, 7) is 6.53. The predicted molar refractivity (Wildman–Crippen MR) is 136 cm³/mol. The summed E-state index contributed by atoms with van der Waals surface area (Å²) in [4.78, 5) is 5.95. The van der Waals surface area contributed by atoms with Gasteiger partial charge in [0.05, 0.1) is 6.04 Å². The second-order valence-corrected chi connectivity index (χ2v) is 9.57. The van der Waals surface area contributed by atoms with Crippen molar-refractivity contribution in [3.8, 4) is 0 Å². The maximum absolute atomic E-state index is 7.14. The van der Waals surface area contributed by atoms with E-state index >= 15 is 0 Å². The first-order chi connectivity index (χ1) is 16.0. The number of benzene rings is 3. The Kier molecular flexibility index (Phi) is 5.86. The topological polar surface area (TPSA) is 28.3 Å². The first kappa shape index (κ1) is 21.9. The summed E-state index contributed by atoms with van der Waals surface area (Å²) < 4.78 is 7.14. The van der Waals surface area contributed by atoms with Gasteiger partial charge in [0.2, 0.25) is 0 Å². The third-order valence-corrected chi connectivity index (χ3v) is 7.32. The zero-order valence-electron chi connectivity index (χ0n) is 20.1. The molecule has 0 radical (unpaired) electrons. The summed E-state index contributed by atoms with van der Waals surface area (Å²) in [5.74, 6) is 0. The van der Waals surface area contributed by atoms with E-state index in [1.54, 1.807) is 0 Å². The molecular formula is C30H34N2O. The molecule has 0 amide bonds. The van der Waals surface area contributed by atoms with Crippen LogP contribution in [0.15, 0.2) is 79.0 Å². The van der Waals surface area contributed by atoms with E-state index in [1.165, 1.54) is 38.7 Å². The van der Waals surface area contributed by atoms with Crippen LogP contribution in [0.1, 0.15) is 47.6 Å². The molecule has 0 saturated carbocycles. The minimum Gasteiger partial charge on any atom is -0.361 e.